The van der Waals surface area contributed by atoms with E-state index in [9.17, 15) is 0 Å². The highest BCUT2D eigenvalue weighted by Crippen LogP contribution is 2.38. The number of nitrogens with two attached hydrogens (primary N) is 1. The topological polar surface area (TPSA) is 56.5 Å². The highest BCUT2D eigenvalue weighted by molar-refractivity contribution is 5.56. The van der Waals surface area contributed by atoms with E-state index in [1.54, 1.807) is 14.2 Å². The molecule has 2 aromatic rings. The average molecular weight is 284 g/mol. The molecule has 4 heteroatoms. The van der Waals surface area contributed by atoms with Crippen molar-refractivity contribution in [2.45, 2.75) is 12.5 Å². The maximum atomic E-state index is 6.14. The summed E-state index contributed by atoms with van der Waals surface area (Å²) >= 11 is 0. The van der Waals surface area contributed by atoms with Crippen molar-refractivity contribution < 1.29 is 9.47 Å². The van der Waals surface area contributed by atoms with E-state index in [1.165, 1.54) is 11.1 Å². The summed E-state index contributed by atoms with van der Waals surface area (Å²) in [4.78, 5) is 0. The van der Waals surface area contributed by atoms with Gasteiger partial charge in [-0.15, -0.1) is 0 Å². The van der Waals surface area contributed by atoms with Gasteiger partial charge >= 0.3 is 0 Å². The van der Waals surface area contributed by atoms with Crippen molar-refractivity contribution in [1.82, 2.24) is 5.32 Å². The smallest absolute Gasteiger partial charge is 0.161 e. The lowest BCUT2D eigenvalue weighted by molar-refractivity contribution is 0.353. The van der Waals surface area contributed by atoms with Gasteiger partial charge in [0.15, 0.2) is 11.5 Å². The van der Waals surface area contributed by atoms with Crippen molar-refractivity contribution >= 4 is 5.69 Å². The minimum Gasteiger partial charge on any atom is -0.493 e. The molecule has 0 unspecified atom stereocenters. The van der Waals surface area contributed by atoms with Crippen LogP contribution in [0.2, 0.25) is 0 Å². The first-order valence-electron chi connectivity index (χ1n) is 7.07. The molecule has 0 fully saturated rings. The van der Waals surface area contributed by atoms with Crippen molar-refractivity contribution in [2.24, 2.45) is 0 Å². The minimum atomic E-state index is 0.0924. The van der Waals surface area contributed by atoms with E-state index in [0.29, 0.717) is 0 Å². The molecular formula is C17H20N2O2. The maximum absolute atomic E-state index is 6.14. The normalized spacial score (nSPS) is 17.1. The molecule has 1 aliphatic rings. The Balaban J connectivity index is 2.11. The second kappa shape index (κ2) is 5.66. The van der Waals surface area contributed by atoms with Crippen LogP contribution in [0.15, 0.2) is 36.4 Å². The van der Waals surface area contributed by atoms with Gasteiger partial charge in [-0.3, -0.25) is 0 Å². The molecule has 2 aromatic carbocycles. The highest BCUT2D eigenvalue weighted by atomic mass is 16.5. The number of rotatable bonds is 3. The van der Waals surface area contributed by atoms with Crippen LogP contribution in [0.5, 0.6) is 11.5 Å². The Hall–Kier alpha value is -2.20. The van der Waals surface area contributed by atoms with Crippen LogP contribution in [-0.2, 0) is 6.42 Å². The molecule has 0 amide bonds. The molecular weight excluding hydrogens is 264 g/mol. The number of hydrogen-bond donors (Lipinski definition) is 2. The van der Waals surface area contributed by atoms with Crippen LogP contribution >= 0.6 is 0 Å². The summed E-state index contributed by atoms with van der Waals surface area (Å²) in [5.74, 6) is 1.53. The summed E-state index contributed by atoms with van der Waals surface area (Å²) < 4.78 is 10.8. The Labute approximate surface area is 124 Å². The zero-order chi connectivity index (χ0) is 14.8. The molecule has 1 heterocycles. The number of hydrogen-bond acceptors (Lipinski definition) is 4. The fraction of sp³-hybridized carbons (Fsp3) is 0.294. The molecule has 4 nitrogen and oxygen atoms in total. The summed E-state index contributed by atoms with van der Waals surface area (Å²) in [7, 11) is 3.32. The van der Waals surface area contributed by atoms with Crippen molar-refractivity contribution in [3.63, 3.8) is 0 Å². The van der Waals surface area contributed by atoms with Gasteiger partial charge in [0.2, 0.25) is 0 Å². The lowest BCUT2D eigenvalue weighted by atomic mass is 9.88. The minimum absolute atomic E-state index is 0.0924. The number of ether oxygens (including phenoxy) is 2. The molecule has 3 N–H and O–H groups in total. The van der Waals surface area contributed by atoms with E-state index in [0.717, 1.165) is 35.7 Å². The third kappa shape index (κ3) is 2.43. The molecule has 0 bridgehead atoms. The molecule has 0 aliphatic carbocycles. The first-order chi connectivity index (χ1) is 10.2. The van der Waals surface area contributed by atoms with E-state index in [-0.39, 0.29) is 6.04 Å². The fourth-order valence-corrected chi connectivity index (χ4v) is 2.93. The van der Waals surface area contributed by atoms with Gasteiger partial charge in [-0.25, -0.2) is 0 Å². The van der Waals surface area contributed by atoms with Crippen LogP contribution in [0.1, 0.15) is 22.7 Å². The van der Waals surface area contributed by atoms with Crippen molar-refractivity contribution in [3.05, 3.63) is 53.1 Å². The number of methoxy groups -OCH3 is 2. The standard InChI is InChI=1S/C17H20N2O2/c1-20-15-9-11-7-8-19-17(13(11)10-16(15)21-2)12-5-3-4-6-14(12)18/h3-6,9-10,17,19H,7-8,18H2,1-2H3/t17-/m1/s1. The average Bonchev–Trinajstić information content (AvgIpc) is 2.53. The van der Waals surface area contributed by atoms with Crippen molar-refractivity contribution in [3.8, 4) is 11.5 Å². The number of fused-ring (bicyclic) bond motifs is 1. The molecule has 0 spiro atoms. The summed E-state index contributed by atoms with van der Waals surface area (Å²) in [6.45, 7) is 0.918. The second-order valence-corrected chi connectivity index (χ2v) is 5.17. The number of nitrogen functional groups attached to an aromatic ring is 1. The Kier molecular flexibility index (Phi) is 3.71. The summed E-state index contributed by atoms with van der Waals surface area (Å²) in [6.07, 6.45) is 0.971. The summed E-state index contributed by atoms with van der Waals surface area (Å²) in [5.41, 5.74) is 10.5. The zero-order valence-corrected chi connectivity index (χ0v) is 12.3. The lowest BCUT2D eigenvalue weighted by Crippen LogP contribution is -2.31. The van der Waals surface area contributed by atoms with Crippen LogP contribution in [0, 0.1) is 0 Å². The Morgan fingerprint density at radius 3 is 2.48 bits per heavy atom. The van der Waals surface area contributed by atoms with Crippen LogP contribution in [0.4, 0.5) is 5.69 Å². The van der Waals surface area contributed by atoms with Gasteiger partial charge in [0.1, 0.15) is 0 Å². The van der Waals surface area contributed by atoms with Crippen molar-refractivity contribution in [2.75, 3.05) is 26.5 Å². The SMILES string of the molecule is COc1cc2c(cc1OC)[C@@H](c1ccccc1N)NCC2. The van der Waals surface area contributed by atoms with Gasteiger partial charge in [0.25, 0.3) is 0 Å². The van der Waals surface area contributed by atoms with Crippen LogP contribution in [0.3, 0.4) is 0 Å². The number of benzene rings is 2. The molecule has 0 radical (unpaired) electrons. The van der Waals surface area contributed by atoms with E-state index in [4.69, 9.17) is 15.2 Å². The monoisotopic (exact) mass is 284 g/mol. The number of anilines is 1. The molecule has 0 saturated heterocycles. The van der Waals surface area contributed by atoms with Crippen LogP contribution < -0.4 is 20.5 Å². The Morgan fingerprint density at radius 2 is 1.76 bits per heavy atom. The third-order valence-electron chi connectivity index (χ3n) is 4.01. The van der Waals surface area contributed by atoms with Gasteiger partial charge in [-0.2, -0.15) is 0 Å². The second-order valence-electron chi connectivity index (χ2n) is 5.17. The maximum Gasteiger partial charge on any atom is 0.161 e. The lowest BCUT2D eigenvalue weighted by Gasteiger charge is -2.29. The fourth-order valence-electron chi connectivity index (χ4n) is 2.93. The van der Waals surface area contributed by atoms with Crippen molar-refractivity contribution in [1.29, 1.82) is 0 Å². The molecule has 1 aliphatic heterocycles. The summed E-state index contributed by atoms with van der Waals surface area (Å²) in [5, 5.41) is 3.54. The zero-order valence-electron chi connectivity index (χ0n) is 12.3. The van der Waals surface area contributed by atoms with Gasteiger partial charge in [-0.1, -0.05) is 18.2 Å². The van der Waals surface area contributed by atoms with E-state index >= 15 is 0 Å². The largest absolute Gasteiger partial charge is 0.493 e. The Bertz CT molecular complexity index is 655. The number of nitrogens with one attached hydrogen (secondary N) is 1. The number of para-hydroxylation sites is 1. The first-order valence-corrected chi connectivity index (χ1v) is 7.07. The van der Waals surface area contributed by atoms with Gasteiger partial charge < -0.3 is 20.5 Å². The van der Waals surface area contributed by atoms with E-state index in [1.807, 2.05) is 18.2 Å². The van der Waals surface area contributed by atoms with Crippen LogP contribution in [0.25, 0.3) is 0 Å². The van der Waals surface area contributed by atoms with Gasteiger partial charge in [-0.05, 0) is 41.3 Å². The molecule has 3 rings (SSSR count). The predicted octanol–water partition coefficient (Wildman–Crippen LogP) is 2.52. The molecule has 0 saturated carbocycles. The van der Waals surface area contributed by atoms with E-state index in [2.05, 4.69) is 23.5 Å². The molecule has 1 atom stereocenters. The van der Waals surface area contributed by atoms with Gasteiger partial charge in [0, 0.05) is 12.2 Å². The highest BCUT2D eigenvalue weighted by Gasteiger charge is 2.24. The summed E-state index contributed by atoms with van der Waals surface area (Å²) in [6, 6.07) is 12.2. The molecule has 21 heavy (non-hydrogen) atoms. The van der Waals surface area contributed by atoms with Gasteiger partial charge in [0.05, 0.1) is 20.3 Å². The predicted molar refractivity (Wildman–Crippen MR) is 84.0 cm³/mol. The first kappa shape index (κ1) is 13.8. The quantitative estimate of drug-likeness (QED) is 0.850. The Morgan fingerprint density at radius 1 is 1.05 bits per heavy atom. The van der Waals surface area contributed by atoms with E-state index < -0.39 is 0 Å². The third-order valence-corrected chi connectivity index (χ3v) is 4.01. The molecule has 110 valence electrons. The molecule has 0 aromatic heterocycles. The van der Waals surface area contributed by atoms with Crippen LogP contribution in [-0.4, -0.2) is 20.8 Å².